The zero-order valence-corrected chi connectivity index (χ0v) is 11.8. The first-order chi connectivity index (χ1) is 9.24. The molecule has 0 saturated carbocycles. The fourth-order valence-electron chi connectivity index (χ4n) is 1.87. The Hall–Kier alpha value is -1.72. The SMILES string of the molecule is Cc1nc(CNc2nnc(Cl)c3ccccc23)cs1. The third kappa shape index (κ3) is 2.52. The predicted octanol–water partition coefficient (Wildman–Crippen LogP) is 3.66. The van der Waals surface area contributed by atoms with Gasteiger partial charge in [0.1, 0.15) is 0 Å². The average Bonchev–Trinajstić information content (AvgIpc) is 2.84. The summed E-state index contributed by atoms with van der Waals surface area (Å²) in [4.78, 5) is 4.41. The number of fused-ring (bicyclic) bond motifs is 1. The number of benzene rings is 1. The van der Waals surface area contributed by atoms with Crippen LogP contribution in [0.1, 0.15) is 10.7 Å². The van der Waals surface area contributed by atoms with E-state index in [1.165, 1.54) is 0 Å². The minimum Gasteiger partial charge on any atom is -0.362 e. The molecule has 0 bridgehead atoms. The van der Waals surface area contributed by atoms with Crippen molar-refractivity contribution in [1.82, 2.24) is 15.2 Å². The monoisotopic (exact) mass is 290 g/mol. The van der Waals surface area contributed by atoms with Gasteiger partial charge in [-0.2, -0.15) is 0 Å². The van der Waals surface area contributed by atoms with Crippen molar-refractivity contribution in [2.24, 2.45) is 0 Å². The van der Waals surface area contributed by atoms with E-state index in [2.05, 4.69) is 20.5 Å². The number of nitrogens with one attached hydrogen (secondary N) is 1. The molecule has 0 spiro atoms. The zero-order chi connectivity index (χ0) is 13.2. The van der Waals surface area contributed by atoms with Crippen LogP contribution in [0.5, 0.6) is 0 Å². The number of hydrogen-bond acceptors (Lipinski definition) is 5. The second-order valence-corrected chi connectivity index (χ2v) is 5.52. The molecule has 0 atom stereocenters. The first-order valence-corrected chi connectivity index (χ1v) is 7.05. The van der Waals surface area contributed by atoms with Gasteiger partial charge < -0.3 is 5.32 Å². The molecule has 0 radical (unpaired) electrons. The molecule has 1 N–H and O–H groups in total. The lowest BCUT2D eigenvalue weighted by Crippen LogP contribution is -2.03. The van der Waals surface area contributed by atoms with Crippen LogP contribution in [-0.2, 0) is 6.54 Å². The molecule has 96 valence electrons. The number of nitrogens with zero attached hydrogens (tertiary/aromatic N) is 3. The molecule has 0 aliphatic carbocycles. The average molecular weight is 291 g/mol. The molecule has 4 nitrogen and oxygen atoms in total. The Kier molecular flexibility index (Phi) is 3.31. The van der Waals surface area contributed by atoms with E-state index in [0.29, 0.717) is 11.7 Å². The van der Waals surface area contributed by atoms with Gasteiger partial charge in [0.15, 0.2) is 11.0 Å². The van der Waals surface area contributed by atoms with Crippen LogP contribution < -0.4 is 5.32 Å². The molecule has 0 amide bonds. The molecule has 2 aromatic heterocycles. The van der Waals surface area contributed by atoms with Gasteiger partial charge in [0.2, 0.25) is 0 Å². The molecule has 0 fully saturated rings. The van der Waals surface area contributed by atoms with Crippen molar-refractivity contribution in [1.29, 1.82) is 0 Å². The van der Waals surface area contributed by atoms with E-state index < -0.39 is 0 Å². The summed E-state index contributed by atoms with van der Waals surface area (Å²) in [6.07, 6.45) is 0. The van der Waals surface area contributed by atoms with E-state index in [4.69, 9.17) is 11.6 Å². The first-order valence-electron chi connectivity index (χ1n) is 5.80. The summed E-state index contributed by atoms with van der Waals surface area (Å²) in [5, 5.41) is 16.7. The maximum Gasteiger partial charge on any atom is 0.159 e. The second-order valence-electron chi connectivity index (χ2n) is 4.10. The van der Waals surface area contributed by atoms with E-state index in [9.17, 15) is 0 Å². The number of rotatable bonds is 3. The molecule has 0 unspecified atom stereocenters. The second kappa shape index (κ2) is 5.11. The number of anilines is 1. The van der Waals surface area contributed by atoms with Crippen LogP contribution in [0.25, 0.3) is 10.8 Å². The van der Waals surface area contributed by atoms with Gasteiger partial charge in [0.05, 0.1) is 17.2 Å². The van der Waals surface area contributed by atoms with Gasteiger partial charge in [-0.05, 0) is 6.92 Å². The van der Waals surface area contributed by atoms with Crippen molar-refractivity contribution in [3.63, 3.8) is 0 Å². The fraction of sp³-hybridized carbons (Fsp3) is 0.154. The summed E-state index contributed by atoms with van der Waals surface area (Å²) in [5.74, 6) is 0.727. The highest BCUT2D eigenvalue weighted by molar-refractivity contribution is 7.09. The summed E-state index contributed by atoms with van der Waals surface area (Å²) in [6.45, 7) is 2.62. The maximum atomic E-state index is 6.04. The Bertz CT molecular complexity index is 725. The molecule has 1 aromatic carbocycles. The van der Waals surface area contributed by atoms with Crippen LogP contribution in [0.2, 0.25) is 5.15 Å². The quantitative estimate of drug-likeness (QED) is 0.800. The summed E-state index contributed by atoms with van der Waals surface area (Å²) in [6, 6.07) is 7.80. The lowest BCUT2D eigenvalue weighted by atomic mass is 10.2. The molecular formula is C13H11ClN4S. The molecule has 6 heteroatoms. The number of aromatic nitrogens is 3. The molecular weight excluding hydrogens is 280 g/mol. The summed E-state index contributed by atoms with van der Waals surface area (Å²) < 4.78 is 0. The number of aryl methyl sites for hydroxylation is 1. The third-order valence-electron chi connectivity index (χ3n) is 2.75. The molecule has 0 aliphatic rings. The summed E-state index contributed by atoms with van der Waals surface area (Å²) >= 11 is 7.67. The fourth-order valence-corrected chi connectivity index (χ4v) is 2.68. The van der Waals surface area contributed by atoms with Gasteiger partial charge in [-0.3, -0.25) is 0 Å². The van der Waals surface area contributed by atoms with Crippen LogP contribution >= 0.6 is 22.9 Å². The molecule has 0 aliphatic heterocycles. The van der Waals surface area contributed by atoms with Crippen molar-refractivity contribution in [3.05, 3.63) is 45.5 Å². The van der Waals surface area contributed by atoms with E-state index in [1.807, 2.05) is 36.6 Å². The van der Waals surface area contributed by atoms with E-state index in [0.717, 1.165) is 27.3 Å². The number of thiazole rings is 1. The van der Waals surface area contributed by atoms with Gasteiger partial charge in [-0.25, -0.2) is 4.98 Å². The van der Waals surface area contributed by atoms with E-state index in [1.54, 1.807) is 11.3 Å². The van der Waals surface area contributed by atoms with Crippen LogP contribution in [0, 0.1) is 6.92 Å². The Labute approximate surface area is 119 Å². The minimum absolute atomic E-state index is 0.422. The first kappa shape index (κ1) is 12.3. The summed E-state index contributed by atoms with van der Waals surface area (Å²) in [5.41, 5.74) is 1.00. The summed E-state index contributed by atoms with van der Waals surface area (Å²) in [7, 11) is 0. The van der Waals surface area contributed by atoms with E-state index >= 15 is 0 Å². The van der Waals surface area contributed by atoms with Gasteiger partial charge >= 0.3 is 0 Å². The van der Waals surface area contributed by atoms with Gasteiger partial charge in [-0.15, -0.1) is 21.5 Å². The smallest absolute Gasteiger partial charge is 0.159 e. The van der Waals surface area contributed by atoms with Crippen LogP contribution in [0.4, 0.5) is 5.82 Å². The standard InChI is InChI=1S/C13H11ClN4S/c1-8-16-9(7-19-8)6-15-13-11-5-3-2-4-10(11)12(14)17-18-13/h2-5,7H,6H2,1H3,(H,15,18). The molecule has 19 heavy (non-hydrogen) atoms. The topological polar surface area (TPSA) is 50.7 Å². The zero-order valence-electron chi connectivity index (χ0n) is 10.2. The van der Waals surface area contributed by atoms with Crippen molar-refractivity contribution in [3.8, 4) is 0 Å². The normalized spacial score (nSPS) is 10.8. The Morgan fingerprint density at radius 1 is 1.21 bits per heavy atom. The highest BCUT2D eigenvalue weighted by Gasteiger charge is 2.07. The van der Waals surface area contributed by atoms with Gasteiger partial charge in [0.25, 0.3) is 0 Å². The lowest BCUT2D eigenvalue weighted by molar-refractivity contribution is 0.994. The van der Waals surface area contributed by atoms with Crippen molar-refractivity contribution in [2.45, 2.75) is 13.5 Å². The van der Waals surface area contributed by atoms with Gasteiger partial charge in [0, 0.05) is 16.2 Å². The third-order valence-corrected chi connectivity index (χ3v) is 3.85. The van der Waals surface area contributed by atoms with Crippen molar-refractivity contribution in [2.75, 3.05) is 5.32 Å². The highest BCUT2D eigenvalue weighted by Crippen LogP contribution is 2.25. The minimum atomic E-state index is 0.422. The number of hydrogen-bond donors (Lipinski definition) is 1. The Morgan fingerprint density at radius 2 is 2.00 bits per heavy atom. The molecule has 3 rings (SSSR count). The van der Waals surface area contributed by atoms with Crippen LogP contribution in [0.15, 0.2) is 29.6 Å². The number of halogens is 1. The lowest BCUT2D eigenvalue weighted by Gasteiger charge is -2.07. The largest absolute Gasteiger partial charge is 0.362 e. The predicted molar refractivity (Wildman–Crippen MR) is 78.7 cm³/mol. The Balaban J connectivity index is 1.91. The molecule has 3 aromatic rings. The van der Waals surface area contributed by atoms with Crippen LogP contribution in [-0.4, -0.2) is 15.2 Å². The van der Waals surface area contributed by atoms with Gasteiger partial charge in [-0.1, -0.05) is 35.9 Å². The molecule has 2 heterocycles. The van der Waals surface area contributed by atoms with Crippen LogP contribution in [0.3, 0.4) is 0 Å². The Morgan fingerprint density at radius 3 is 2.74 bits per heavy atom. The molecule has 0 saturated heterocycles. The van der Waals surface area contributed by atoms with E-state index in [-0.39, 0.29) is 0 Å². The highest BCUT2D eigenvalue weighted by atomic mass is 35.5. The maximum absolute atomic E-state index is 6.04. The van der Waals surface area contributed by atoms with Crippen molar-refractivity contribution >= 4 is 39.5 Å². The van der Waals surface area contributed by atoms with Crippen molar-refractivity contribution < 1.29 is 0 Å².